The second kappa shape index (κ2) is 6.70. The zero-order valence-electron chi connectivity index (χ0n) is 14.7. The van der Waals surface area contributed by atoms with E-state index < -0.39 is 12.0 Å². The summed E-state index contributed by atoms with van der Waals surface area (Å²) in [5, 5.41) is 14.1. The molecule has 0 bridgehead atoms. The molecule has 0 fully saturated rings. The molecule has 2 aromatic rings. The number of aromatic amines is 1. The molecule has 1 atom stereocenters. The topological polar surface area (TPSA) is 104 Å². The number of aryl methyl sites for hydroxylation is 1. The second-order valence-electron chi connectivity index (χ2n) is 6.75. The first-order valence-corrected chi connectivity index (χ1v) is 8.52. The molecule has 8 nitrogen and oxygen atoms in total. The lowest BCUT2D eigenvalue weighted by Gasteiger charge is -2.32. The van der Waals surface area contributed by atoms with Crippen molar-refractivity contribution in [1.29, 1.82) is 0 Å². The minimum atomic E-state index is -1.02. The summed E-state index contributed by atoms with van der Waals surface area (Å²) in [6, 6.07) is 0.866. The van der Waals surface area contributed by atoms with Crippen molar-refractivity contribution in [3.63, 3.8) is 0 Å². The molecule has 0 saturated carbocycles. The van der Waals surface area contributed by atoms with Crippen molar-refractivity contribution in [2.45, 2.75) is 52.7 Å². The number of carbonyl (C=O) groups excluding carboxylic acids is 1. The van der Waals surface area contributed by atoms with E-state index in [-0.39, 0.29) is 18.9 Å². The summed E-state index contributed by atoms with van der Waals surface area (Å²) in [5.74, 6) is -0.901. The van der Waals surface area contributed by atoms with Crippen LogP contribution in [0, 0.1) is 5.92 Å². The Hall–Kier alpha value is -2.64. The molecule has 0 spiro atoms. The van der Waals surface area contributed by atoms with Crippen molar-refractivity contribution in [3.8, 4) is 0 Å². The van der Waals surface area contributed by atoms with E-state index in [9.17, 15) is 14.7 Å². The zero-order valence-corrected chi connectivity index (χ0v) is 14.7. The Labute approximate surface area is 145 Å². The second-order valence-corrected chi connectivity index (χ2v) is 6.75. The van der Waals surface area contributed by atoms with Crippen molar-refractivity contribution in [2.24, 2.45) is 5.92 Å². The van der Waals surface area contributed by atoms with E-state index in [0.29, 0.717) is 23.9 Å². The van der Waals surface area contributed by atoms with Crippen molar-refractivity contribution in [1.82, 2.24) is 24.6 Å². The number of nitrogens with one attached hydrogen (secondary N) is 1. The third-order valence-corrected chi connectivity index (χ3v) is 4.41. The van der Waals surface area contributed by atoms with Gasteiger partial charge in [-0.3, -0.25) is 9.48 Å². The number of carboxylic acid groups (broad SMARTS) is 1. The van der Waals surface area contributed by atoms with Crippen LogP contribution in [0.5, 0.6) is 0 Å². The van der Waals surface area contributed by atoms with Crippen LogP contribution in [0.4, 0.5) is 0 Å². The minimum Gasteiger partial charge on any atom is -0.480 e. The first kappa shape index (κ1) is 17.2. The standard InChI is InChI=1S/C17H23N5O3/c1-4-22-14(6-11(20-22)5-10(2)3)16(23)21-8-13-12(18-9-19-13)7-15(21)17(24)25/h6,9-10,15H,4-5,7-8H2,1-3H3,(H,18,19)(H,24,25). The number of fused-ring (bicyclic) bond motifs is 1. The summed E-state index contributed by atoms with van der Waals surface area (Å²) in [5.41, 5.74) is 2.79. The van der Waals surface area contributed by atoms with Gasteiger partial charge in [0.05, 0.1) is 30.0 Å². The number of imidazole rings is 1. The maximum atomic E-state index is 13.1. The number of carboxylic acids is 1. The van der Waals surface area contributed by atoms with Crippen molar-refractivity contribution in [2.75, 3.05) is 0 Å². The monoisotopic (exact) mass is 345 g/mol. The number of aromatic nitrogens is 4. The molecule has 25 heavy (non-hydrogen) atoms. The lowest BCUT2D eigenvalue weighted by molar-refractivity contribution is -0.142. The van der Waals surface area contributed by atoms with E-state index in [1.165, 1.54) is 11.2 Å². The van der Waals surface area contributed by atoms with Gasteiger partial charge in [0.25, 0.3) is 5.91 Å². The van der Waals surface area contributed by atoms with Gasteiger partial charge in [0.1, 0.15) is 11.7 Å². The molecule has 0 aromatic carbocycles. The first-order chi connectivity index (χ1) is 11.9. The van der Waals surface area contributed by atoms with E-state index in [2.05, 4.69) is 28.9 Å². The fourth-order valence-electron chi connectivity index (χ4n) is 3.22. The summed E-state index contributed by atoms with van der Waals surface area (Å²) in [7, 11) is 0. The van der Waals surface area contributed by atoms with Gasteiger partial charge >= 0.3 is 5.97 Å². The van der Waals surface area contributed by atoms with Crippen LogP contribution in [0.1, 0.15) is 48.3 Å². The van der Waals surface area contributed by atoms with Gasteiger partial charge in [-0.2, -0.15) is 5.10 Å². The number of rotatable bonds is 5. The van der Waals surface area contributed by atoms with Gasteiger partial charge in [-0.1, -0.05) is 13.8 Å². The van der Waals surface area contributed by atoms with Gasteiger partial charge in [0.2, 0.25) is 0 Å². The molecule has 2 aromatic heterocycles. The summed E-state index contributed by atoms with van der Waals surface area (Å²) in [6.45, 7) is 6.87. The Morgan fingerprint density at radius 1 is 1.44 bits per heavy atom. The molecule has 1 aliphatic rings. The molecule has 3 rings (SSSR count). The number of hydrogen-bond donors (Lipinski definition) is 2. The van der Waals surface area contributed by atoms with E-state index in [4.69, 9.17) is 0 Å². The van der Waals surface area contributed by atoms with Crippen LogP contribution in [0.2, 0.25) is 0 Å². The van der Waals surface area contributed by atoms with Gasteiger partial charge in [-0.15, -0.1) is 0 Å². The van der Waals surface area contributed by atoms with Gasteiger partial charge < -0.3 is 15.0 Å². The lowest BCUT2D eigenvalue weighted by atomic mass is 10.0. The summed E-state index contributed by atoms with van der Waals surface area (Å²) < 4.78 is 1.65. The molecular weight excluding hydrogens is 322 g/mol. The summed E-state index contributed by atoms with van der Waals surface area (Å²) in [6.07, 6.45) is 2.52. The Kier molecular flexibility index (Phi) is 4.61. The minimum absolute atomic E-state index is 0.207. The Morgan fingerprint density at radius 3 is 2.84 bits per heavy atom. The summed E-state index contributed by atoms with van der Waals surface area (Å²) >= 11 is 0. The molecule has 0 saturated heterocycles. The predicted octanol–water partition coefficient (Wildman–Crippen LogP) is 1.48. The van der Waals surface area contributed by atoms with Gasteiger partial charge in [-0.25, -0.2) is 9.78 Å². The van der Waals surface area contributed by atoms with E-state index >= 15 is 0 Å². The van der Waals surface area contributed by atoms with E-state index in [1.807, 2.05) is 6.92 Å². The van der Waals surface area contributed by atoms with E-state index in [1.54, 1.807) is 10.7 Å². The quantitative estimate of drug-likeness (QED) is 0.854. The Balaban J connectivity index is 1.93. The fourth-order valence-corrected chi connectivity index (χ4v) is 3.22. The number of aliphatic carboxylic acids is 1. The maximum absolute atomic E-state index is 13.1. The Morgan fingerprint density at radius 2 is 2.20 bits per heavy atom. The number of H-pyrrole nitrogens is 1. The largest absolute Gasteiger partial charge is 0.480 e. The highest BCUT2D eigenvalue weighted by Crippen LogP contribution is 2.23. The molecule has 3 heterocycles. The third-order valence-electron chi connectivity index (χ3n) is 4.41. The van der Waals surface area contributed by atoms with Gasteiger partial charge in [0, 0.05) is 13.0 Å². The SMILES string of the molecule is CCn1nc(CC(C)C)cc1C(=O)N1Cc2[nH]cnc2CC1C(=O)O. The smallest absolute Gasteiger partial charge is 0.326 e. The van der Waals surface area contributed by atoms with Gasteiger partial charge in [0.15, 0.2) is 0 Å². The average molecular weight is 345 g/mol. The molecule has 0 aliphatic carbocycles. The molecular formula is C17H23N5O3. The van der Waals surface area contributed by atoms with E-state index in [0.717, 1.165) is 17.8 Å². The van der Waals surface area contributed by atoms with Crippen LogP contribution < -0.4 is 0 Å². The summed E-state index contributed by atoms with van der Waals surface area (Å²) in [4.78, 5) is 33.3. The zero-order chi connectivity index (χ0) is 18.1. The number of amides is 1. The van der Waals surface area contributed by atoms with Gasteiger partial charge in [-0.05, 0) is 25.3 Å². The lowest BCUT2D eigenvalue weighted by Crippen LogP contribution is -2.49. The number of hydrogen-bond acceptors (Lipinski definition) is 4. The third kappa shape index (κ3) is 3.29. The van der Waals surface area contributed by atoms with Crippen LogP contribution in [-0.2, 0) is 30.7 Å². The predicted molar refractivity (Wildman–Crippen MR) is 90.0 cm³/mol. The Bertz CT molecular complexity index is 792. The van der Waals surface area contributed by atoms with Crippen molar-refractivity contribution >= 4 is 11.9 Å². The first-order valence-electron chi connectivity index (χ1n) is 8.52. The highest BCUT2D eigenvalue weighted by Gasteiger charge is 2.37. The molecule has 1 unspecified atom stereocenters. The molecule has 1 amide bonds. The maximum Gasteiger partial charge on any atom is 0.326 e. The fraction of sp³-hybridized carbons (Fsp3) is 0.529. The number of nitrogens with zero attached hydrogens (tertiary/aromatic N) is 4. The molecule has 8 heteroatoms. The molecule has 2 N–H and O–H groups in total. The van der Waals surface area contributed by atoms with Crippen molar-refractivity contribution < 1.29 is 14.7 Å². The number of carbonyl (C=O) groups is 2. The van der Waals surface area contributed by atoms with Crippen LogP contribution >= 0.6 is 0 Å². The molecule has 0 radical (unpaired) electrons. The van der Waals surface area contributed by atoms with Crippen LogP contribution in [-0.4, -0.2) is 47.7 Å². The van der Waals surface area contributed by atoms with Crippen LogP contribution in [0.15, 0.2) is 12.4 Å². The van der Waals surface area contributed by atoms with Crippen LogP contribution in [0.25, 0.3) is 0 Å². The van der Waals surface area contributed by atoms with Crippen molar-refractivity contribution in [3.05, 3.63) is 35.2 Å². The van der Waals surface area contributed by atoms with Crippen LogP contribution in [0.3, 0.4) is 0 Å². The normalized spacial score (nSPS) is 17.0. The highest BCUT2D eigenvalue weighted by molar-refractivity contribution is 5.95. The highest BCUT2D eigenvalue weighted by atomic mass is 16.4. The molecule has 1 aliphatic heterocycles. The molecule has 134 valence electrons. The average Bonchev–Trinajstić information content (AvgIpc) is 3.17.